The smallest absolute Gasteiger partial charge is 0.253 e. The SMILES string of the molecule is Cc1cc(=O)n(CC(=O)c2ccco2)cn1. The summed E-state index contributed by atoms with van der Waals surface area (Å²) in [7, 11) is 0. The van der Waals surface area contributed by atoms with Crippen molar-refractivity contribution in [2.24, 2.45) is 0 Å². The average Bonchev–Trinajstić information content (AvgIpc) is 2.75. The number of aryl methyl sites for hydroxylation is 1. The van der Waals surface area contributed by atoms with Crippen molar-refractivity contribution in [1.82, 2.24) is 9.55 Å². The summed E-state index contributed by atoms with van der Waals surface area (Å²) in [4.78, 5) is 27.1. The summed E-state index contributed by atoms with van der Waals surface area (Å²) in [6.45, 7) is 1.67. The quantitative estimate of drug-likeness (QED) is 0.721. The lowest BCUT2D eigenvalue weighted by Crippen LogP contribution is -2.24. The number of aromatic nitrogens is 2. The Morgan fingerprint density at radius 1 is 1.56 bits per heavy atom. The van der Waals surface area contributed by atoms with E-state index in [4.69, 9.17) is 4.42 Å². The molecule has 0 aromatic carbocycles. The first-order chi connectivity index (χ1) is 7.66. The molecule has 5 heteroatoms. The molecule has 0 fully saturated rings. The molecule has 5 nitrogen and oxygen atoms in total. The van der Waals surface area contributed by atoms with E-state index in [1.54, 1.807) is 19.1 Å². The van der Waals surface area contributed by atoms with Crippen LogP contribution in [0.4, 0.5) is 0 Å². The number of carbonyl (C=O) groups is 1. The fourth-order valence-electron chi connectivity index (χ4n) is 1.31. The zero-order valence-electron chi connectivity index (χ0n) is 8.71. The Morgan fingerprint density at radius 2 is 2.38 bits per heavy atom. The van der Waals surface area contributed by atoms with Crippen LogP contribution < -0.4 is 5.56 Å². The number of rotatable bonds is 3. The van der Waals surface area contributed by atoms with E-state index in [0.717, 1.165) is 0 Å². The Balaban J connectivity index is 2.22. The third-order valence-electron chi connectivity index (χ3n) is 2.13. The highest BCUT2D eigenvalue weighted by molar-refractivity contribution is 5.93. The van der Waals surface area contributed by atoms with Crippen LogP contribution in [0.3, 0.4) is 0 Å². The molecule has 0 bridgehead atoms. The highest BCUT2D eigenvalue weighted by atomic mass is 16.3. The first-order valence-electron chi connectivity index (χ1n) is 4.76. The Bertz CT molecular complexity index is 555. The van der Waals surface area contributed by atoms with Crippen molar-refractivity contribution < 1.29 is 9.21 Å². The van der Waals surface area contributed by atoms with Crippen LogP contribution in [0.5, 0.6) is 0 Å². The van der Waals surface area contributed by atoms with Gasteiger partial charge in [0.15, 0.2) is 5.76 Å². The van der Waals surface area contributed by atoms with Crippen LogP contribution in [-0.4, -0.2) is 15.3 Å². The van der Waals surface area contributed by atoms with Gasteiger partial charge in [0, 0.05) is 11.8 Å². The summed E-state index contributed by atoms with van der Waals surface area (Å²) >= 11 is 0. The average molecular weight is 218 g/mol. The lowest BCUT2D eigenvalue weighted by Gasteiger charge is -2.02. The van der Waals surface area contributed by atoms with E-state index >= 15 is 0 Å². The van der Waals surface area contributed by atoms with Gasteiger partial charge in [-0.2, -0.15) is 0 Å². The van der Waals surface area contributed by atoms with E-state index in [0.29, 0.717) is 5.69 Å². The molecular weight excluding hydrogens is 208 g/mol. The third-order valence-corrected chi connectivity index (χ3v) is 2.13. The highest BCUT2D eigenvalue weighted by Crippen LogP contribution is 2.02. The van der Waals surface area contributed by atoms with Gasteiger partial charge < -0.3 is 4.42 Å². The molecule has 0 radical (unpaired) electrons. The van der Waals surface area contributed by atoms with E-state index in [9.17, 15) is 9.59 Å². The maximum absolute atomic E-state index is 11.6. The molecular formula is C11H10N2O3. The van der Waals surface area contributed by atoms with Crippen molar-refractivity contribution >= 4 is 5.78 Å². The molecule has 0 aliphatic rings. The minimum atomic E-state index is -0.252. The minimum Gasteiger partial charge on any atom is -0.461 e. The van der Waals surface area contributed by atoms with Crippen LogP contribution in [0.2, 0.25) is 0 Å². The minimum absolute atomic E-state index is 0.0559. The van der Waals surface area contributed by atoms with Crippen molar-refractivity contribution in [2.75, 3.05) is 0 Å². The van der Waals surface area contributed by atoms with Gasteiger partial charge in [0.2, 0.25) is 5.78 Å². The topological polar surface area (TPSA) is 65.1 Å². The molecule has 0 saturated heterocycles. The normalized spacial score (nSPS) is 10.3. The monoisotopic (exact) mass is 218 g/mol. The summed E-state index contributed by atoms with van der Waals surface area (Å²) in [5.41, 5.74) is 0.388. The molecule has 16 heavy (non-hydrogen) atoms. The summed E-state index contributed by atoms with van der Waals surface area (Å²) in [6, 6.07) is 4.58. The van der Waals surface area contributed by atoms with Crippen molar-refractivity contribution in [3.8, 4) is 0 Å². The van der Waals surface area contributed by atoms with Crippen molar-refractivity contribution in [3.05, 3.63) is 52.6 Å². The number of hydrogen-bond donors (Lipinski definition) is 0. The number of furan rings is 1. The Hall–Kier alpha value is -2.17. The van der Waals surface area contributed by atoms with E-state index in [1.807, 2.05) is 0 Å². The highest BCUT2D eigenvalue weighted by Gasteiger charge is 2.10. The summed E-state index contributed by atoms with van der Waals surface area (Å²) in [6.07, 6.45) is 2.78. The molecule has 0 unspecified atom stereocenters. The predicted molar refractivity (Wildman–Crippen MR) is 56.3 cm³/mol. The Kier molecular flexibility index (Phi) is 2.68. The van der Waals surface area contributed by atoms with Gasteiger partial charge in [0.1, 0.15) is 0 Å². The third kappa shape index (κ3) is 2.08. The van der Waals surface area contributed by atoms with E-state index < -0.39 is 0 Å². The maximum atomic E-state index is 11.6. The van der Waals surface area contributed by atoms with Crippen LogP contribution in [-0.2, 0) is 6.54 Å². The van der Waals surface area contributed by atoms with Crippen LogP contribution in [0.25, 0.3) is 0 Å². The second kappa shape index (κ2) is 4.14. The molecule has 0 N–H and O–H groups in total. The Morgan fingerprint density at radius 3 is 3.00 bits per heavy atom. The number of hydrogen-bond acceptors (Lipinski definition) is 4. The second-order valence-corrected chi connectivity index (χ2v) is 3.40. The molecule has 0 atom stereocenters. The molecule has 2 heterocycles. The van der Waals surface area contributed by atoms with E-state index in [2.05, 4.69) is 4.98 Å². The van der Waals surface area contributed by atoms with Gasteiger partial charge in [-0.05, 0) is 19.1 Å². The van der Waals surface area contributed by atoms with Crippen LogP contribution in [0, 0.1) is 6.92 Å². The molecule has 0 saturated carbocycles. The van der Waals surface area contributed by atoms with Gasteiger partial charge >= 0.3 is 0 Å². The van der Waals surface area contributed by atoms with Crippen LogP contribution >= 0.6 is 0 Å². The van der Waals surface area contributed by atoms with Crippen LogP contribution in [0.1, 0.15) is 16.2 Å². The predicted octanol–water partition coefficient (Wildman–Crippen LogP) is 1.03. The maximum Gasteiger partial charge on any atom is 0.253 e. The molecule has 82 valence electrons. The van der Waals surface area contributed by atoms with Gasteiger partial charge in [-0.1, -0.05) is 0 Å². The zero-order chi connectivity index (χ0) is 11.5. The van der Waals surface area contributed by atoms with Crippen molar-refractivity contribution in [1.29, 1.82) is 0 Å². The molecule has 0 amide bonds. The summed E-state index contributed by atoms with van der Waals surface area (Å²) in [5, 5.41) is 0. The fraction of sp³-hybridized carbons (Fsp3) is 0.182. The lowest BCUT2D eigenvalue weighted by atomic mass is 10.3. The molecule has 0 aliphatic heterocycles. The molecule has 0 spiro atoms. The number of ketones is 1. The largest absolute Gasteiger partial charge is 0.461 e. The Labute approximate surface area is 91.3 Å². The first kappa shape index (κ1) is 10.4. The van der Waals surface area contributed by atoms with Crippen molar-refractivity contribution in [3.63, 3.8) is 0 Å². The second-order valence-electron chi connectivity index (χ2n) is 3.40. The van der Waals surface area contributed by atoms with Gasteiger partial charge in [-0.25, -0.2) is 4.98 Å². The fourth-order valence-corrected chi connectivity index (χ4v) is 1.31. The molecule has 0 aliphatic carbocycles. The lowest BCUT2D eigenvalue weighted by molar-refractivity contribution is 0.0943. The van der Waals surface area contributed by atoms with Gasteiger partial charge in [0.25, 0.3) is 5.56 Å². The van der Waals surface area contributed by atoms with Gasteiger partial charge in [-0.15, -0.1) is 0 Å². The molecule has 2 aromatic heterocycles. The first-order valence-corrected chi connectivity index (χ1v) is 4.76. The zero-order valence-corrected chi connectivity index (χ0v) is 8.71. The van der Waals surface area contributed by atoms with Gasteiger partial charge in [0.05, 0.1) is 19.1 Å². The van der Waals surface area contributed by atoms with Gasteiger partial charge in [-0.3, -0.25) is 14.2 Å². The van der Waals surface area contributed by atoms with E-state index in [1.165, 1.54) is 23.2 Å². The number of nitrogens with zero attached hydrogens (tertiary/aromatic N) is 2. The number of Topliss-reactive ketones (excluding diaryl/α,β-unsaturated/α-hetero) is 1. The van der Waals surface area contributed by atoms with Crippen molar-refractivity contribution in [2.45, 2.75) is 13.5 Å². The number of carbonyl (C=O) groups excluding carboxylic acids is 1. The summed E-state index contributed by atoms with van der Waals surface area (Å²) in [5.74, 6) is -0.00905. The van der Waals surface area contributed by atoms with Crippen LogP contribution in [0.15, 0.2) is 40.0 Å². The van der Waals surface area contributed by atoms with E-state index in [-0.39, 0.29) is 23.6 Å². The molecule has 2 aromatic rings. The molecule has 2 rings (SSSR count). The summed E-state index contributed by atoms with van der Waals surface area (Å²) < 4.78 is 6.19. The standard InChI is InChI=1S/C11H10N2O3/c1-8-5-11(15)13(7-12-8)6-9(14)10-3-2-4-16-10/h2-5,7H,6H2,1H3.